The summed E-state index contributed by atoms with van der Waals surface area (Å²) in [6, 6.07) is 3.27. The number of non-ortho nitro benzene ring substituents is 1. The van der Waals surface area contributed by atoms with Crippen LogP contribution in [0.3, 0.4) is 0 Å². The highest BCUT2D eigenvalue weighted by molar-refractivity contribution is 5.66. The normalized spacial score (nSPS) is 10.1. The predicted molar refractivity (Wildman–Crippen MR) is 63.2 cm³/mol. The fourth-order valence-electron chi connectivity index (χ4n) is 1.48. The number of nitro benzene ring substituents is 1. The Morgan fingerprint density at radius 1 is 1.50 bits per heavy atom. The van der Waals surface area contributed by atoms with Crippen molar-refractivity contribution in [3.63, 3.8) is 0 Å². The lowest BCUT2D eigenvalue weighted by Gasteiger charge is -2.18. The number of benzene rings is 1. The summed E-state index contributed by atoms with van der Waals surface area (Å²) >= 11 is 0. The van der Waals surface area contributed by atoms with Crippen LogP contribution in [0.4, 0.5) is 15.8 Å². The summed E-state index contributed by atoms with van der Waals surface area (Å²) in [5.74, 6) is -1.60. The Hall–Kier alpha value is -2.18. The third-order valence-corrected chi connectivity index (χ3v) is 2.40. The van der Waals surface area contributed by atoms with Crippen molar-refractivity contribution in [2.75, 3.05) is 18.5 Å². The van der Waals surface area contributed by atoms with Gasteiger partial charge >= 0.3 is 5.97 Å². The Labute approximate surface area is 103 Å². The maximum Gasteiger partial charge on any atom is 0.303 e. The number of rotatable bonds is 6. The zero-order valence-electron chi connectivity index (χ0n) is 9.80. The first kappa shape index (κ1) is 13.9. The number of nitrogens with zero attached hydrogens (tertiary/aromatic N) is 2. The molecule has 0 bridgehead atoms. The number of nitro groups is 1. The van der Waals surface area contributed by atoms with Gasteiger partial charge in [0, 0.05) is 31.8 Å². The van der Waals surface area contributed by atoms with Crippen molar-refractivity contribution in [3.05, 3.63) is 34.1 Å². The monoisotopic (exact) mass is 256 g/mol. The quantitative estimate of drug-likeness (QED) is 0.622. The fourth-order valence-corrected chi connectivity index (χ4v) is 1.48. The molecule has 0 aliphatic rings. The van der Waals surface area contributed by atoms with Gasteiger partial charge in [-0.05, 0) is 12.5 Å². The van der Waals surface area contributed by atoms with Gasteiger partial charge in [0.25, 0.3) is 5.69 Å². The van der Waals surface area contributed by atoms with Crippen LogP contribution in [0.2, 0.25) is 0 Å². The lowest BCUT2D eigenvalue weighted by Crippen LogP contribution is -2.19. The van der Waals surface area contributed by atoms with Crippen LogP contribution >= 0.6 is 0 Å². The summed E-state index contributed by atoms with van der Waals surface area (Å²) in [5.41, 5.74) is 0.0298. The maximum absolute atomic E-state index is 13.2. The number of carboxylic acids is 1. The Balaban J connectivity index is 2.75. The zero-order chi connectivity index (χ0) is 13.7. The van der Waals surface area contributed by atoms with E-state index in [4.69, 9.17) is 5.11 Å². The van der Waals surface area contributed by atoms with Gasteiger partial charge in [0.1, 0.15) is 5.82 Å². The number of anilines is 1. The predicted octanol–water partition coefficient (Wildman–Crippen LogP) is 2.03. The van der Waals surface area contributed by atoms with Gasteiger partial charge in [0.05, 0.1) is 11.0 Å². The van der Waals surface area contributed by atoms with E-state index in [1.54, 1.807) is 11.9 Å². The molecule has 0 fully saturated rings. The van der Waals surface area contributed by atoms with Crippen molar-refractivity contribution in [2.45, 2.75) is 12.8 Å². The highest BCUT2D eigenvalue weighted by Gasteiger charge is 2.12. The van der Waals surface area contributed by atoms with Gasteiger partial charge in [-0.3, -0.25) is 14.9 Å². The van der Waals surface area contributed by atoms with Crippen LogP contribution in [0.25, 0.3) is 0 Å². The Morgan fingerprint density at radius 2 is 2.17 bits per heavy atom. The minimum atomic E-state index is -0.909. The van der Waals surface area contributed by atoms with Crippen LogP contribution in [-0.4, -0.2) is 29.6 Å². The maximum atomic E-state index is 13.2. The van der Waals surface area contributed by atoms with Gasteiger partial charge in [-0.25, -0.2) is 4.39 Å². The number of halogens is 1. The molecule has 0 amide bonds. The Morgan fingerprint density at radius 3 is 2.72 bits per heavy atom. The molecule has 0 radical (unpaired) electrons. The fraction of sp³-hybridized carbons (Fsp3) is 0.364. The summed E-state index contributed by atoms with van der Waals surface area (Å²) in [6.45, 7) is 0.382. The average Bonchev–Trinajstić information content (AvgIpc) is 2.27. The smallest absolute Gasteiger partial charge is 0.303 e. The largest absolute Gasteiger partial charge is 0.481 e. The lowest BCUT2D eigenvalue weighted by atomic mass is 10.2. The topological polar surface area (TPSA) is 83.7 Å². The minimum Gasteiger partial charge on any atom is -0.481 e. The minimum absolute atomic E-state index is 0.00174. The highest BCUT2D eigenvalue weighted by atomic mass is 19.1. The Kier molecular flexibility index (Phi) is 4.59. The number of aliphatic carboxylic acids is 1. The van der Waals surface area contributed by atoms with Crippen LogP contribution in [0.1, 0.15) is 12.8 Å². The lowest BCUT2D eigenvalue weighted by molar-refractivity contribution is -0.385. The van der Waals surface area contributed by atoms with Crippen molar-refractivity contribution in [3.8, 4) is 0 Å². The van der Waals surface area contributed by atoms with Crippen molar-refractivity contribution >= 4 is 17.3 Å². The molecule has 1 aromatic rings. The summed E-state index contributed by atoms with van der Waals surface area (Å²) in [6.07, 6.45) is 0.387. The van der Waals surface area contributed by atoms with E-state index >= 15 is 0 Å². The molecule has 1 N–H and O–H groups in total. The number of carboxylic acid groups (broad SMARTS) is 1. The van der Waals surface area contributed by atoms with Crippen molar-refractivity contribution < 1.29 is 19.2 Å². The van der Waals surface area contributed by atoms with E-state index in [0.29, 0.717) is 18.7 Å². The molecular formula is C11H13FN2O4. The summed E-state index contributed by atoms with van der Waals surface area (Å²) in [7, 11) is 1.63. The number of hydrogen-bond donors (Lipinski definition) is 1. The van der Waals surface area contributed by atoms with Gasteiger partial charge < -0.3 is 10.0 Å². The van der Waals surface area contributed by atoms with E-state index in [1.165, 1.54) is 12.1 Å². The van der Waals surface area contributed by atoms with Gasteiger partial charge in [0.2, 0.25) is 0 Å². The van der Waals surface area contributed by atoms with Crippen LogP contribution in [0, 0.1) is 15.9 Å². The molecule has 0 spiro atoms. The molecule has 0 heterocycles. The van der Waals surface area contributed by atoms with Crippen LogP contribution < -0.4 is 4.90 Å². The third-order valence-electron chi connectivity index (χ3n) is 2.40. The van der Waals surface area contributed by atoms with E-state index in [1.807, 2.05) is 0 Å². The second-order valence-electron chi connectivity index (χ2n) is 3.84. The molecule has 0 saturated carbocycles. The van der Waals surface area contributed by atoms with Crippen molar-refractivity contribution in [1.82, 2.24) is 0 Å². The average molecular weight is 256 g/mol. The van der Waals surface area contributed by atoms with E-state index in [2.05, 4.69) is 0 Å². The molecule has 1 rings (SSSR count). The summed E-state index contributed by atoms with van der Waals surface area (Å²) in [4.78, 5) is 21.8. The molecule has 18 heavy (non-hydrogen) atoms. The zero-order valence-corrected chi connectivity index (χ0v) is 9.80. The first-order chi connectivity index (χ1) is 8.40. The second kappa shape index (κ2) is 5.95. The Bertz CT molecular complexity index is 464. The highest BCUT2D eigenvalue weighted by Crippen LogP contribution is 2.22. The molecule has 0 aromatic heterocycles. The molecule has 0 unspecified atom stereocenters. The van der Waals surface area contributed by atoms with Gasteiger partial charge in [0.15, 0.2) is 0 Å². The van der Waals surface area contributed by atoms with Crippen LogP contribution in [-0.2, 0) is 4.79 Å². The van der Waals surface area contributed by atoms with Crippen LogP contribution in [0.15, 0.2) is 18.2 Å². The molecule has 1 aromatic carbocycles. The molecule has 0 atom stereocenters. The van der Waals surface area contributed by atoms with E-state index in [-0.39, 0.29) is 12.1 Å². The van der Waals surface area contributed by atoms with E-state index in [0.717, 1.165) is 6.07 Å². The number of hydrogen-bond acceptors (Lipinski definition) is 4. The first-order valence-corrected chi connectivity index (χ1v) is 5.28. The number of carbonyl (C=O) groups is 1. The van der Waals surface area contributed by atoms with Gasteiger partial charge in [-0.2, -0.15) is 0 Å². The van der Waals surface area contributed by atoms with Gasteiger partial charge in [-0.1, -0.05) is 0 Å². The van der Waals surface area contributed by atoms with Crippen LogP contribution in [0.5, 0.6) is 0 Å². The molecule has 0 saturated heterocycles. The molecule has 7 heteroatoms. The van der Waals surface area contributed by atoms with Crippen molar-refractivity contribution in [2.24, 2.45) is 0 Å². The summed E-state index contributed by atoms with van der Waals surface area (Å²) in [5, 5.41) is 19.1. The molecule has 0 aliphatic heterocycles. The van der Waals surface area contributed by atoms with Crippen molar-refractivity contribution in [1.29, 1.82) is 0 Å². The third kappa shape index (κ3) is 4.00. The molecule has 6 nitrogen and oxygen atoms in total. The van der Waals surface area contributed by atoms with E-state index < -0.39 is 16.7 Å². The van der Waals surface area contributed by atoms with Gasteiger partial charge in [-0.15, -0.1) is 0 Å². The standard InChI is InChI=1S/C11H13FN2O4/c1-13(4-2-3-11(15)16)9-5-8(12)6-10(7-9)14(17)18/h5-7H,2-4H2,1H3,(H,15,16). The molecule has 98 valence electrons. The SMILES string of the molecule is CN(CCCC(=O)O)c1cc(F)cc([N+](=O)[O-])c1. The molecular weight excluding hydrogens is 243 g/mol. The second-order valence-corrected chi connectivity index (χ2v) is 3.84. The summed E-state index contributed by atoms with van der Waals surface area (Å²) < 4.78 is 13.2. The molecule has 0 aliphatic carbocycles. The van der Waals surface area contributed by atoms with E-state index in [9.17, 15) is 19.3 Å². The first-order valence-electron chi connectivity index (χ1n) is 5.28.